The first-order valence-electron chi connectivity index (χ1n) is 8.33. The predicted octanol–water partition coefficient (Wildman–Crippen LogP) is 6.67. The number of halogens is 2. The van der Waals surface area contributed by atoms with Crippen LogP contribution in [-0.2, 0) is 4.79 Å². The van der Waals surface area contributed by atoms with Crippen molar-refractivity contribution in [1.82, 2.24) is 0 Å². The van der Waals surface area contributed by atoms with Crippen LogP contribution < -0.4 is 9.64 Å². The van der Waals surface area contributed by atoms with E-state index in [2.05, 4.69) is 15.9 Å². The molecule has 0 aliphatic carbocycles. The van der Waals surface area contributed by atoms with Crippen LogP contribution in [-0.4, -0.2) is 11.7 Å². The van der Waals surface area contributed by atoms with Crippen molar-refractivity contribution < 1.29 is 9.53 Å². The van der Waals surface area contributed by atoms with E-state index >= 15 is 0 Å². The van der Waals surface area contributed by atoms with Gasteiger partial charge in [-0.2, -0.15) is 0 Å². The number of amides is 1. The highest BCUT2D eigenvalue weighted by atomic mass is 79.9. The third-order valence-corrected chi connectivity index (χ3v) is 6.18. The molecule has 27 heavy (non-hydrogen) atoms. The molecule has 3 nitrogen and oxygen atoms in total. The van der Waals surface area contributed by atoms with Gasteiger partial charge in [-0.3, -0.25) is 9.69 Å². The van der Waals surface area contributed by atoms with Crippen LogP contribution in [0.1, 0.15) is 10.9 Å². The first-order valence-corrected chi connectivity index (χ1v) is 10.5. The number of benzene rings is 3. The lowest BCUT2D eigenvalue weighted by Gasteiger charge is -2.24. The molecule has 6 heteroatoms. The Morgan fingerprint density at radius 2 is 1.52 bits per heavy atom. The molecule has 1 atom stereocenters. The van der Waals surface area contributed by atoms with Gasteiger partial charge in [-0.05, 0) is 66.2 Å². The van der Waals surface area contributed by atoms with Gasteiger partial charge in [0.15, 0.2) is 0 Å². The average molecular weight is 461 g/mol. The number of ether oxygens (including phenoxy) is 1. The maximum atomic E-state index is 12.5. The van der Waals surface area contributed by atoms with Crippen molar-refractivity contribution in [3.05, 3.63) is 87.9 Å². The Balaban J connectivity index is 1.55. The van der Waals surface area contributed by atoms with Gasteiger partial charge >= 0.3 is 0 Å². The van der Waals surface area contributed by atoms with Crippen LogP contribution >= 0.6 is 39.3 Å². The van der Waals surface area contributed by atoms with Gasteiger partial charge in [0.1, 0.15) is 16.9 Å². The van der Waals surface area contributed by atoms with Crippen molar-refractivity contribution in [2.45, 2.75) is 5.37 Å². The van der Waals surface area contributed by atoms with Crippen molar-refractivity contribution >= 4 is 50.9 Å². The van der Waals surface area contributed by atoms with Crippen LogP contribution in [0.2, 0.25) is 5.02 Å². The summed E-state index contributed by atoms with van der Waals surface area (Å²) in [5.41, 5.74) is 1.97. The van der Waals surface area contributed by atoms with E-state index in [9.17, 15) is 4.79 Å². The van der Waals surface area contributed by atoms with Gasteiger partial charge < -0.3 is 4.74 Å². The number of hydrogen-bond donors (Lipinski definition) is 0. The molecule has 0 bridgehead atoms. The molecule has 4 rings (SSSR count). The lowest BCUT2D eigenvalue weighted by molar-refractivity contribution is -0.115. The SMILES string of the molecule is O=C1CS[C@H](c2ccc(Br)cc2)N1c1ccc(Oc2ccc(Cl)cc2)cc1. The molecule has 3 aromatic rings. The largest absolute Gasteiger partial charge is 0.457 e. The third kappa shape index (κ3) is 4.15. The topological polar surface area (TPSA) is 29.5 Å². The van der Waals surface area contributed by atoms with E-state index < -0.39 is 0 Å². The normalized spacial score (nSPS) is 16.6. The van der Waals surface area contributed by atoms with E-state index in [0.29, 0.717) is 22.3 Å². The number of anilines is 1. The Bertz CT molecular complexity index is 945. The minimum absolute atomic E-state index is 0.0198. The number of nitrogens with zero attached hydrogens (tertiary/aromatic N) is 1. The van der Waals surface area contributed by atoms with Gasteiger partial charge in [-0.1, -0.05) is 39.7 Å². The summed E-state index contributed by atoms with van der Waals surface area (Å²) in [6, 6.07) is 22.9. The van der Waals surface area contributed by atoms with Gasteiger partial charge in [0, 0.05) is 15.2 Å². The molecule has 1 aliphatic heterocycles. The molecule has 0 spiro atoms. The Hall–Kier alpha value is -1.95. The highest BCUT2D eigenvalue weighted by Gasteiger charge is 2.33. The number of carbonyl (C=O) groups is 1. The van der Waals surface area contributed by atoms with E-state index in [0.717, 1.165) is 15.7 Å². The zero-order chi connectivity index (χ0) is 18.8. The second kappa shape index (κ2) is 7.97. The second-order valence-electron chi connectivity index (χ2n) is 6.03. The maximum absolute atomic E-state index is 12.5. The maximum Gasteiger partial charge on any atom is 0.238 e. The van der Waals surface area contributed by atoms with Crippen LogP contribution in [0.5, 0.6) is 11.5 Å². The zero-order valence-corrected chi connectivity index (χ0v) is 17.3. The minimum Gasteiger partial charge on any atom is -0.457 e. The molecule has 1 fully saturated rings. The van der Waals surface area contributed by atoms with Gasteiger partial charge in [-0.15, -0.1) is 11.8 Å². The van der Waals surface area contributed by atoms with Crippen molar-refractivity contribution in [3.63, 3.8) is 0 Å². The van der Waals surface area contributed by atoms with Gasteiger partial charge in [0.25, 0.3) is 0 Å². The molecular formula is C21H15BrClNO2S. The van der Waals surface area contributed by atoms with Crippen LogP contribution in [0.25, 0.3) is 0 Å². The highest BCUT2D eigenvalue weighted by molar-refractivity contribution is 9.10. The summed E-state index contributed by atoms with van der Waals surface area (Å²) in [5, 5.41) is 0.648. The lowest BCUT2D eigenvalue weighted by Crippen LogP contribution is -2.27. The standard InChI is InChI=1S/C21H15BrClNO2S/c22-15-3-1-14(2-4-15)21-24(20(25)13-27-21)17-7-11-19(12-8-17)26-18-9-5-16(23)6-10-18/h1-12,21H,13H2/t21-/m1/s1. The molecule has 0 unspecified atom stereocenters. The summed E-state index contributed by atoms with van der Waals surface area (Å²) >= 11 is 11.0. The predicted molar refractivity (Wildman–Crippen MR) is 115 cm³/mol. The third-order valence-electron chi connectivity index (χ3n) is 4.19. The van der Waals surface area contributed by atoms with Crippen molar-refractivity contribution in [2.75, 3.05) is 10.7 Å². The first-order chi connectivity index (χ1) is 13.1. The molecule has 0 radical (unpaired) electrons. The fourth-order valence-corrected chi connectivity index (χ4v) is 4.46. The monoisotopic (exact) mass is 459 g/mol. The van der Waals surface area contributed by atoms with Crippen LogP contribution in [0.3, 0.4) is 0 Å². The summed E-state index contributed by atoms with van der Waals surface area (Å²) < 4.78 is 6.85. The van der Waals surface area contributed by atoms with E-state index in [-0.39, 0.29) is 11.3 Å². The van der Waals surface area contributed by atoms with Crippen molar-refractivity contribution in [3.8, 4) is 11.5 Å². The van der Waals surface area contributed by atoms with Crippen LogP contribution in [0, 0.1) is 0 Å². The summed E-state index contributed by atoms with van der Waals surface area (Å²) in [7, 11) is 0. The molecule has 136 valence electrons. The molecule has 1 saturated heterocycles. The molecule has 0 aromatic heterocycles. The molecule has 1 heterocycles. The summed E-state index contributed by atoms with van der Waals surface area (Å²) in [4.78, 5) is 14.3. The van der Waals surface area contributed by atoms with Gasteiger partial charge in [0.05, 0.1) is 5.75 Å². The van der Waals surface area contributed by atoms with Crippen LogP contribution in [0.15, 0.2) is 77.3 Å². The Kier molecular flexibility index (Phi) is 5.43. The molecule has 1 amide bonds. The van der Waals surface area contributed by atoms with Gasteiger partial charge in [-0.25, -0.2) is 0 Å². The molecule has 1 aliphatic rings. The van der Waals surface area contributed by atoms with Gasteiger partial charge in [0.2, 0.25) is 5.91 Å². The summed E-state index contributed by atoms with van der Waals surface area (Å²) in [5.74, 6) is 2.01. The van der Waals surface area contributed by atoms with Crippen molar-refractivity contribution in [2.24, 2.45) is 0 Å². The highest BCUT2D eigenvalue weighted by Crippen LogP contribution is 2.42. The lowest BCUT2D eigenvalue weighted by atomic mass is 10.2. The van der Waals surface area contributed by atoms with E-state index in [1.165, 1.54) is 0 Å². The Morgan fingerprint density at radius 3 is 2.15 bits per heavy atom. The fourth-order valence-electron chi connectivity index (χ4n) is 2.89. The number of rotatable bonds is 4. The summed E-state index contributed by atoms with van der Waals surface area (Å²) in [6.07, 6.45) is 0. The van der Waals surface area contributed by atoms with Crippen molar-refractivity contribution in [1.29, 1.82) is 0 Å². The summed E-state index contributed by atoms with van der Waals surface area (Å²) in [6.45, 7) is 0. The fraction of sp³-hybridized carbons (Fsp3) is 0.0952. The van der Waals surface area contributed by atoms with E-state index in [4.69, 9.17) is 16.3 Å². The first kappa shape index (κ1) is 18.4. The second-order valence-corrected chi connectivity index (χ2v) is 8.45. The average Bonchev–Trinajstić information content (AvgIpc) is 3.06. The minimum atomic E-state index is -0.0198. The number of thioether (sulfide) groups is 1. The zero-order valence-electron chi connectivity index (χ0n) is 14.1. The smallest absolute Gasteiger partial charge is 0.238 e. The van der Waals surface area contributed by atoms with E-state index in [1.54, 1.807) is 23.9 Å². The number of carbonyl (C=O) groups excluding carboxylic acids is 1. The number of hydrogen-bond acceptors (Lipinski definition) is 3. The quantitative estimate of drug-likeness (QED) is 0.435. The Morgan fingerprint density at radius 1 is 0.926 bits per heavy atom. The molecule has 0 saturated carbocycles. The molecular weight excluding hydrogens is 446 g/mol. The molecule has 3 aromatic carbocycles. The van der Waals surface area contributed by atoms with Crippen LogP contribution in [0.4, 0.5) is 5.69 Å². The Labute approximate surface area is 175 Å². The van der Waals surface area contributed by atoms with E-state index in [1.807, 2.05) is 65.6 Å². The molecule has 0 N–H and O–H groups in total.